The summed E-state index contributed by atoms with van der Waals surface area (Å²) < 4.78 is 18.2. The normalized spacial score (nSPS) is 10.2. The third kappa shape index (κ3) is 3.79. The lowest BCUT2D eigenvalue weighted by molar-refractivity contribution is -0.139. The Balaban J connectivity index is 2.39. The Morgan fingerprint density at radius 2 is 1.95 bits per heavy atom. The molecule has 0 unspecified atom stereocenters. The van der Waals surface area contributed by atoms with Crippen LogP contribution in [-0.4, -0.2) is 23.5 Å². The molecule has 108 valence electrons. The van der Waals surface area contributed by atoms with E-state index in [0.717, 1.165) is 6.07 Å². The molecule has 0 amide bonds. The Morgan fingerprint density at radius 1 is 1.19 bits per heavy atom. The molecule has 0 saturated carbocycles. The molecule has 6 heteroatoms. The van der Waals surface area contributed by atoms with Crippen molar-refractivity contribution in [1.82, 2.24) is 0 Å². The quantitative estimate of drug-likeness (QED) is 0.862. The summed E-state index contributed by atoms with van der Waals surface area (Å²) in [6, 6.07) is 9.39. The highest BCUT2D eigenvalue weighted by molar-refractivity contribution is 6.31. The fraction of sp³-hybridized carbons (Fsp3) is 0.0667. The van der Waals surface area contributed by atoms with Crippen molar-refractivity contribution in [2.45, 2.75) is 0 Å². The van der Waals surface area contributed by atoms with Crippen LogP contribution in [0.5, 0.6) is 5.75 Å². The van der Waals surface area contributed by atoms with Gasteiger partial charge in [-0.15, -0.1) is 0 Å². The van der Waals surface area contributed by atoms with E-state index >= 15 is 0 Å². The van der Waals surface area contributed by atoms with Crippen molar-refractivity contribution >= 4 is 23.4 Å². The van der Waals surface area contributed by atoms with Crippen LogP contribution in [0.25, 0.3) is 0 Å². The van der Waals surface area contributed by atoms with Crippen molar-refractivity contribution in [3.05, 3.63) is 64.4 Å². The number of carboxylic acids is 1. The lowest BCUT2D eigenvalue weighted by Gasteiger charge is -2.10. The Labute approximate surface area is 124 Å². The third-order valence-electron chi connectivity index (χ3n) is 2.62. The number of ketones is 1. The predicted octanol–water partition coefficient (Wildman–Crippen LogP) is 3.17. The summed E-state index contributed by atoms with van der Waals surface area (Å²) in [6.07, 6.45) is 0. The Hall–Kier alpha value is -2.40. The maximum atomic E-state index is 13.2. The van der Waals surface area contributed by atoms with Crippen LogP contribution in [0.2, 0.25) is 5.02 Å². The van der Waals surface area contributed by atoms with Crippen LogP contribution in [0, 0.1) is 5.82 Å². The van der Waals surface area contributed by atoms with Crippen molar-refractivity contribution in [1.29, 1.82) is 0 Å². The predicted molar refractivity (Wildman–Crippen MR) is 74.4 cm³/mol. The van der Waals surface area contributed by atoms with Crippen molar-refractivity contribution < 1.29 is 23.8 Å². The lowest BCUT2D eigenvalue weighted by atomic mass is 10.0. The van der Waals surface area contributed by atoms with E-state index in [-0.39, 0.29) is 21.9 Å². The molecule has 0 aliphatic heterocycles. The summed E-state index contributed by atoms with van der Waals surface area (Å²) >= 11 is 5.84. The van der Waals surface area contributed by atoms with Crippen LogP contribution in [0.15, 0.2) is 42.5 Å². The van der Waals surface area contributed by atoms with E-state index in [4.69, 9.17) is 21.4 Å². The van der Waals surface area contributed by atoms with Crippen LogP contribution >= 0.6 is 11.6 Å². The molecule has 0 atom stereocenters. The number of ether oxygens (including phenoxy) is 1. The number of rotatable bonds is 5. The maximum absolute atomic E-state index is 13.2. The molecule has 0 aliphatic carbocycles. The van der Waals surface area contributed by atoms with E-state index in [2.05, 4.69) is 0 Å². The molecular weight excluding hydrogens is 299 g/mol. The number of carbonyl (C=O) groups is 2. The lowest BCUT2D eigenvalue weighted by Crippen LogP contribution is -2.12. The fourth-order valence-electron chi connectivity index (χ4n) is 1.73. The largest absolute Gasteiger partial charge is 0.481 e. The Morgan fingerprint density at radius 3 is 2.62 bits per heavy atom. The van der Waals surface area contributed by atoms with Gasteiger partial charge in [0.05, 0.1) is 5.56 Å². The molecule has 0 fully saturated rings. The molecular formula is C15H10ClFO4. The molecule has 0 aliphatic rings. The van der Waals surface area contributed by atoms with Gasteiger partial charge >= 0.3 is 5.97 Å². The molecule has 0 aromatic heterocycles. The highest BCUT2D eigenvalue weighted by Gasteiger charge is 2.16. The van der Waals surface area contributed by atoms with Gasteiger partial charge in [0.2, 0.25) is 0 Å². The van der Waals surface area contributed by atoms with Gasteiger partial charge in [-0.25, -0.2) is 9.18 Å². The number of hydrogen-bond acceptors (Lipinski definition) is 3. The van der Waals surface area contributed by atoms with Crippen molar-refractivity contribution in [3.63, 3.8) is 0 Å². The number of carboxylic acid groups (broad SMARTS) is 1. The summed E-state index contributed by atoms with van der Waals surface area (Å²) in [6.45, 7) is -0.592. The first-order valence-electron chi connectivity index (χ1n) is 5.92. The summed E-state index contributed by atoms with van der Waals surface area (Å²) in [5.41, 5.74) is 0.201. The van der Waals surface area contributed by atoms with Gasteiger partial charge in [0, 0.05) is 10.6 Å². The first kappa shape index (κ1) is 15.0. The number of hydrogen-bond donors (Lipinski definition) is 1. The average Bonchev–Trinajstić information content (AvgIpc) is 2.45. The molecule has 0 heterocycles. The van der Waals surface area contributed by atoms with Gasteiger partial charge in [0.15, 0.2) is 12.4 Å². The number of halogens is 2. The van der Waals surface area contributed by atoms with E-state index in [0.29, 0.717) is 0 Å². The van der Waals surface area contributed by atoms with Crippen molar-refractivity contribution in [2.75, 3.05) is 6.61 Å². The number of carbonyl (C=O) groups excluding carboxylic acids is 1. The molecule has 2 aromatic carbocycles. The monoisotopic (exact) mass is 308 g/mol. The van der Waals surface area contributed by atoms with Crippen LogP contribution in [0.1, 0.15) is 15.9 Å². The second-order valence-corrected chi connectivity index (χ2v) is 4.60. The van der Waals surface area contributed by atoms with E-state index in [1.807, 2.05) is 0 Å². The molecule has 0 saturated heterocycles. The zero-order chi connectivity index (χ0) is 15.4. The summed E-state index contributed by atoms with van der Waals surface area (Å²) in [7, 11) is 0. The van der Waals surface area contributed by atoms with Gasteiger partial charge in [-0.1, -0.05) is 23.7 Å². The van der Waals surface area contributed by atoms with Gasteiger partial charge in [-0.2, -0.15) is 0 Å². The topological polar surface area (TPSA) is 63.6 Å². The summed E-state index contributed by atoms with van der Waals surface area (Å²) in [5, 5.41) is 8.92. The summed E-state index contributed by atoms with van der Waals surface area (Å²) in [4.78, 5) is 22.9. The van der Waals surface area contributed by atoms with Gasteiger partial charge in [-0.3, -0.25) is 4.79 Å². The minimum absolute atomic E-state index is 0.0781. The fourth-order valence-corrected chi connectivity index (χ4v) is 1.90. The Bertz CT molecular complexity index is 700. The second-order valence-electron chi connectivity index (χ2n) is 4.16. The standard InChI is InChI=1S/C15H10ClFO4/c16-10-4-5-13(21-8-14(18)19)12(7-10)15(20)9-2-1-3-11(17)6-9/h1-7H,8H2,(H,18,19). The van der Waals surface area contributed by atoms with Crippen LogP contribution in [-0.2, 0) is 4.79 Å². The molecule has 0 spiro atoms. The smallest absolute Gasteiger partial charge is 0.341 e. The van der Waals surface area contributed by atoms with Crippen LogP contribution in [0.4, 0.5) is 4.39 Å². The van der Waals surface area contributed by atoms with E-state index < -0.39 is 24.2 Å². The molecule has 2 rings (SSSR count). The van der Waals surface area contributed by atoms with Crippen molar-refractivity contribution in [3.8, 4) is 5.75 Å². The Kier molecular flexibility index (Phi) is 4.55. The minimum Gasteiger partial charge on any atom is -0.481 e. The maximum Gasteiger partial charge on any atom is 0.341 e. The third-order valence-corrected chi connectivity index (χ3v) is 2.86. The SMILES string of the molecule is O=C(O)COc1ccc(Cl)cc1C(=O)c1cccc(F)c1. The van der Waals surface area contributed by atoms with Crippen molar-refractivity contribution in [2.24, 2.45) is 0 Å². The number of benzene rings is 2. The molecule has 1 N–H and O–H groups in total. The van der Waals surface area contributed by atoms with Crippen LogP contribution < -0.4 is 4.74 Å². The first-order chi connectivity index (χ1) is 9.97. The summed E-state index contributed by atoms with van der Waals surface area (Å²) in [5.74, 6) is -2.14. The average molecular weight is 309 g/mol. The molecule has 21 heavy (non-hydrogen) atoms. The molecule has 0 radical (unpaired) electrons. The zero-order valence-electron chi connectivity index (χ0n) is 10.7. The van der Waals surface area contributed by atoms with E-state index in [9.17, 15) is 14.0 Å². The first-order valence-corrected chi connectivity index (χ1v) is 6.29. The number of aliphatic carboxylic acids is 1. The van der Waals surface area contributed by atoms with Gasteiger partial charge in [0.25, 0.3) is 0 Å². The van der Waals surface area contributed by atoms with Gasteiger partial charge in [0.1, 0.15) is 11.6 Å². The van der Waals surface area contributed by atoms with Crippen LogP contribution in [0.3, 0.4) is 0 Å². The minimum atomic E-state index is -1.17. The van der Waals surface area contributed by atoms with Gasteiger partial charge < -0.3 is 9.84 Å². The van der Waals surface area contributed by atoms with Gasteiger partial charge in [-0.05, 0) is 30.3 Å². The zero-order valence-corrected chi connectivity index (χ0v) is 11.4. The highest BCUT2D eigenvalue weighted by atomic mass is 35.5. The molecule has 2 aromatic rings. The molecule has 4 nitrogen and oxygen atoms in total. The second kappa shape index (κ2) is 6.37. The molecule has 0 bridgehead atoms. The van der Waals surface area contributed by atoms with E-state index in [1.165, 1.54) is 36.4 Å². The van der Waals surface area contributed by atoms with E-state index in [1.54, 1.807) is 0 Å². The highest BCUT2D eigenvalue weighted by Crippen LogP contribution is 2.25.